The summed E-state index contributed by atoms with van der Waals surface area (Å²) in [6.07, 6.45) is 10.3. The fourth-order valence-electron chi connectivity index (χ4n) is 5.68. The summed E-state index contributed by atoms with van der Waals surface area (Å²) < 4.78 is 0. The van der Waals surface area contributed by atoms with E-state index < -0.39 is 12.0 Å². The lowest BCUT2D eigenvalue weighted by atomic mass is 9.77. The van der Waals surface area contributed by atoms with E-state index in [9.17, 15) is 4.79 Å². The van der Waals surface area contributed by atoms with Gasteiger partial charge in [-0.25, -0.2) is 0 Å². The molecule has 0 radical (unpaired) electrons. The number of carboxylic acids is 1. The molecule has 0 aromatic rings. The molecule has 3 rings (SSSR count). The molecule has 5 heteroatoms. The Morgan fingerprint density at radius 2 is 2.00 bits per heavy atom. The quantitative estimate of drug-likeness (QED) is 0.630. The molecule has 27 heavy (non-hydrogen) atoms. The summed E-state index contributed by atoms with van der Waals surface area (Å²) in [6.45, 7) is 11.4. The van der Waals surface area contributed by atoms with Crippen LogP contribution in [0.3, 0.4) is 0 Å². The van der Waals surface area contributed by atoms with Crippen molar-refractivity contribution in [2.75, 3.05) is 33.2 Å². The average Bonchev–Trinajstić information content (AvgIpc) is 3.15. The molecule has 0 bridgehead atoms. The minimum Gasteiger partial charge on any atom is -0.480 e. The van der Waals surface area contributed by atoms with E-state index in [1.165, 1.54) is 51.5 Å². The monoisotopic (exact) mass is 381 g/mol. The standard InChI is InChI=1S/C12H22N2O2.C10H21N/c1-9-2-4-12(6-9)7-14(8-12)5-3-10(13)11(15)16;1-4-9-5-6-10(2,7-9)8-11-3/h9-10H,2-8,13H2,1H3,(H,15,16);9,11H,4-8H2,1-3H3. The summed E-state index contributed by atoms with van der Waals surface area (Å²) in [5.41, 5.74) is 6.67. The summed E-state index contributed by atoms with van der Waals surface area (Å²) >= 11 is 0. The molecule has 0 aromatic heterocycles. The van der Waals surface area contributed by atoms with Gasteiger partial charge in [-0.3, -0.25) is 4.79 Å². The number of nitrogens with zero attached hydrogens (tertiary/aromatic N) is 1. The molecule has 0 aromatic carbocycles. The van der Waals surface area contributed by atoms with Crippen LogP contribution in [0.5, 0.6) is 0 Å². The zero-order chi connectivity index (χ0) is 20.1. The van der Waals surface area contributed by atoms with Gasteiger partial charge in [0, 0.05) is 26.2 Å². The molecule has 2 aliphatic carbocycles. The molecule has 2 saturated carbocycles. The van der Waals surface area contributed by atoms with Crippen LogP contribution in [0.4, 0.5) is 0 Å². The van der Waals surface area contributed by atoms with E-state index in [0.717, 1.165) is 31.5 Å². The van der Waals surface area contributed by atoms with Gasteiger partial charge in [-0.1, -0.05) is 33.6 Å². The molecule has 3 fully saturated rings. The average molecular weight is 382 g/mol. The Hall–Kier alpha value is -0.650. The van der Waals surface area contributed by atoms with Crippen molar-refractivity contribution in [3.05, 3.63) is 0 Å². The van der Waals surface area contributed by atoms with E-state index in [4.69, 9.17) is 10.8 Å². The molecule has 4 unspecified atom stereocenters. The zero-order valence-electron chi connectivity index (χ0n) is 18.1. The van der Waals surface area contributed by atoms with Crippen LogP contribution < -0.4 is 11.1 Å². The van der Waals surface area contributed by atoms with Crippen molar-refractivity contribution in [3.8, 4) is 0 Å². The lowest BCUT2D eigenvalue weighted by molar-refractivity contribution is -0.138. The maximum absolute atomic E-state index is 10.6. The third-order valence-corrected chi connectivity index (χ3v) is 7.26. The number of hydrogen-bond donors (Lipinski definition) is 3. The predicted molar refractivity (Wildman–Crippen MR) is 112 cm³/mol. The first-order chi connectivity index (χ1) is 12.7. The topological polar surface area (TPSA) is 78.6 Å². The van der Waals surface area contributed by atoms with Gasteiger partial charge in [-0.05, 0) is 68.2 Å². The number of rotatable bonds is 7. The van der Waals surface area contributed by atoms with Crippen molar-refractivity contribution < 1.29 is 9.90 Å². The number of nitrogens with one attached hydrogen (secondary N) is 1. The van der Waals surface area contributed by atoms with Crippen molar-refractivity contribution in [1.82, 2.24) is 10.2 Å². The van der Waals surface area contributed by atoms with Crippen molar-refractivity contribution in [3.63, 3.8) is 0 Å². The molecule has 1 spiro atoms. The van der Waals surface area contributed by atoms with Crippen LogP contribution in [0.25, 0.3) is 0 Å². The Morgan fingerprint density at radius 3 is 2.48 bits per heavy atom. The van der Waals surface area contributed by atoms with E-state index >= 15 is 0 Å². The van der Waals surface area contributed by atoms with Gasteiger partial charge in [-0.15, -0.1) is 0 Å². The molecule has 3 aliphatic rings. The highest BCUT2D eigenvalue weighted by Crippen LogP contribution is 2.47. The molecule has 0 amide bonds. The third kappa shape index (κ3) is 6.43. The Balaban J connectivity index is 0.000000208. The summed E-state index contributed by atoms with van der Waals surface area (Å²) in [6, 6.07) is -0.695. The molecule has 5 nitrogen and oxygen atoms in total. The number of likely N-dealkylation sites (tertiary alicyclic amines) is 1. The fraction of sp³-hybridized carbons (Fsp3) is 0.955. The summed E-state index contributed by atoms with van der Waals surface area (Å²) in [5, 5.41) is 12.0. The number of carboxylic acid groups (broad SMARTS) is 1. The van der Waals surface area contributed by atoms with Crippen LogP contribution in [-0.2, 0) is 4.79 Å². The Labute approximate surface area is 166 Å². The van der Waals surface area contributed by atoms with Crippen molar-refractivity contribution in [1.29, 1.82) is 0 Å². The van der Waals surface area contributed by atoms with Gasteiger partial charge < -0.3 is 21.1 Å². The highest BCUT2D eigenvalue weighted by Gasteiger charge is 2.46. The normalized spacial score (nSPS) is 33.4. The number of hydrogen-bond acceptors (Lipinski definition) is 4. The SMILES string of the molecule is CC1CCC2(C1)CN(CCC(N)C(=O)O)C2.CCC1CCC(C)(CNC)C1. The fourth-order valence-corrected chi connectivity index (χ4v) is 5.68. The first-order valence-corrected chi connectivity index (χ1v) is 11.1. The largest absolute Gasteiger partial charge is 0.480 e. The van der Waals surface area contributed by atoms with Gasteiger partial charge >= 0.3 is 5.97 Å². The van der Waals surface area contributed by atoms with Crippen LogP contribution in [0.15, 0.2) is 0 Å². The van der Waals surface area contributed by atoms with Gasteiger partial charge in [0.05, 0.1) is 0 Å². The smallest absolute Gasteiger partial charge is 0.320 e. The minimum atomic E-state index is -0.885. The van der Waals surface area contributed by atoms with E-state index in [1.54, 1.807) is 0 Å². The lowest BCUT2D eigenvalue weighted by Gasteiger charge is -2.49. The first-order valence-electron chi connectivity index (χ1n) is 11.1. The van der Waals surface area contributed by atoms with Crippen LogP contribution in [0.1, 0.15) is 72.1 Å². The molecule has 1 saturated heterocycles. The maximum atomic E-state index is 10.6. The van der Waals surface area contributed by atoms with Crippen LogP contribution in [0.2, 0.25) is 0 Å². The maximum Gasteiger partial charge on any atom is 0.320 e. The van der Waals surface area contributed by atoms with E-state index in [2.05, 4.69) is 38.0 Å². The summed E-state index contributed by atoms with van der Waals surface area (Å²) in [4.78, 5) is 12.9. The lowest BCUT2D eigenvalue weighted by Crippen LogP contribution is -2.55. The van der Waals surface area contributed by atoms with Gasteiger partial charge in [-0.2, -0.15) is 0 Å². The summed E-state index contributed by atoms with van der Waals surface area (Å²) in [7, 11) is 2.06. The molecule has 158 valence electrons. The van der Waals surface area contributed by atoms with Gasteiger partial charge in [0.15, 0.2) is 0 Å². The minimum absolute atomic E-state index is 0.570. The Morgan fingerprint density at radius 1 is 1.30 bits per heavy atom. The van der Waals surface area contributed by atoms with E-state index in [0.29, 0.717) is 17.3 Å². The molecule has 4 atom stereocenters. The third-order valence-electron chi connectivity index (χ3n) is 7.26. The van der Waals surface area contributed by atoms with E-state index in [1.807, 2.05) is 0 Å². The second-order valence-electron chi connectivity index (χ2n) is 10.2. The number of carbonyl (C=O) groups is 1. The molecule has 4 N–H and O–H groups in total. The van der Waals surface area contributed by atoms with Gasteiger partial charge in [0.25, 0.3) is 0 Å². The zero-order valence-corrected chi connectivity index (χ0v) is 18.1. The highest BCUT2D eigenvalue weighted by atomic mass is 16.4. The second-order valence-corrected chi connectivity index (χ2v) is 10.2. The first kappa shape index (κ1) is 22.6. The van der Waals surface area contributed by atoms with Crippen LogP contribution in [0, 0.1) is 22.7 Å². The van der Waals surface area contributed by atoms with Gasteiger partial charge in [0.2, 0.25) is 0 Å². The van der Waals surface area contributed by atoms with Crippen LogP contribution >= 0.6 is 0 Å². The predicted octanol–water partition coefficient (Wildman–Crippen LogP) is 3.33. The van der Waals surface area contributed by atoms with E-state index in [-0.39, 0.29) is 0 Å². The molecular weight excluding hydrogens is 338 g/mol. The number of nitrogens with two attached hydrogens (primary N) is 1. The second kappa shape index (κ2) is 9.71. The van der Waals surface area contributed by atoms with Crippen molar-refractivity contribution in [2.24, 2.45) is 28.4 Å². The van der Waals surface area contributed by atoms with Crippen LogP contribution in [-0.4, -0.2) is 55.2 Å². The number of aliphatic carboxylic acids is 1. The highest BCUT2D eigenvalue weighted by molar-refractivity contribution is 5.72. The van der Waals surface area contributed by atoms with Gasteiger partial charge in [0.1, 0.15) is 6.04 Å². The molecule has 1 heterocycles. The Kier molecular flexibility index (Phi) is 8.14. The van der Waals surface area contributed by atoms with Crippen molar-refractivity contribution in [2.45, 2.75) is 78.2 Å². The molecular formula is C22H43N3O2. The van der Waals surface area contributed by atoms with Crippen molar-refractivity contribution >= 4 is 5.97 Å². The molecule has 1 aliphatic heterocycles. The Bertz CT molecular complexity index is 478. The summed E-state index contributed by atoms with van der Waals surface area (Å²) in [5.74, 6) is 1.00.